The number of carbonyl (C=O) groups excluding carboxylic acids is 2. The number of alkyl halides is 3. The molecule has 2 heterocycles. The van der Waals surface area contributed by atoms with Gasteiger partial charge in [-0.2, -0.15) is 13.2 Å². The number of nitrogens with one attached hydrogen (secondary N) is 2. The van der Waals surface area contributed by atoms with Gasteiger partial charge in [0.2, 0.25) is 5.91 Å². The molecule has 2 aromatic rings. The van der Waals surface area contributed by atoms with E-state index < -0.39 is 17.6 Å². The number of amides is 2. The normalized spacial score (nSPS) is 21.3. The molecule has 10 heteroatoms. The van der Waals surface area contributed by atoms with Crippen LogP contribution in [-0.2, 0) is 18.0 Å². The van der Waals surface area contributed by atoms with Crippen LogP contribution in [0.3, 0.4) is 0 Å². The smallest absolute Gasteiger partial charge is 0.349 e. The second-order valence-electron chi connectivity index (χ2n) is 9.36. The molecular formula is C25H29F3N4O3. The molecule has 1 saturated heterocycles. The van der Waals surface area contributed by atoms with Gasteiger partial charge in [0.15, 0.2) is 0 Å². The number of aromatic nitrogens is 1. The molecule has 0 atom stereocenters. The number of carbonyl (C=O) groups is 2. The molecule has 2 fully saturated rings. The molecule has 188 valence electrons. The van der Waals surface area contributed by atoms with E-state index in [1.165, 1.54) is 6.07 Å². The van der Waals surface area contributed by atoms with Crippen molar-refractivity contribution < 1.29 is 22.8 Å². The van der Waals surface area contributed by atoms with Crippen LogP contribution >= 0.6 is 0 Å². The van der Waals surface area contributed by atoms with E-state index in [0.29, 0.717) is 6.04 Å². The number of nitrogens with zero attached hydrogens (tertiary/aromatic N) is 2. The Morgan fingerprint density at radius 1 is 1.06 bits per heavy atom. The van der Waals surface area contributed by atoms with Gasteiger partial charge in [-0.1, -0.05) is 12.1 Å². The molecule has 0 spiro atoms. The van der Waals surface area contributed by atoms with Gasteiger partial charge in [-0.15, -0.1) is 0 Å². The zero-order chi connectivity index (χ0) is 25.2. The van der Waals surface area contributed by atoms with Gasteiger partial charge in [-0.25, -0.2) is 0 Å². The average molecular weight is 491 g/mol. The van der Waals surface area contributed by atoms with Crippen LogP contribution in [0.5, 0.6) is 0 Å². The number of likely N-dealkylation sites (tertiary alicyclic amines) is 1. The molecule has 35 heavy (non-hydrogen) atoms. The molecule has 0 unspecified atom stereocenters. The topological polar surface area (TPSA) is 83.4 Å². The summed E-state index contributed by atoms with van der Waals surface area (Å²) in [5.74, 6) is -0.825. The lowest BCUT2D eigenvalue weighted by atomic mass is 9.80. The van der Waals surface area contributed by atoms with Crippen LogP contribution in [0.1, 0.15) is 53.1 Å². The summed E-state index contributed by atoms with van der Waals surface area (Å²) in [4.78, 5) is 39.0. The first-order valence-electron chi connectivity index (χ1n) is 11.8. The van der Waals surface area contributed by atoms with Crippen molar-refractivity contribution in [2.45, 2.75) is 49.9 Å². The summed E-state index contributed by atoms with van der Waals surface area (Å²) in [7, 11) is 1.77. The Balaban J connectivity index is 1.17. The standard InChI is InChI=1S/C25H29F3N4O3/c1-31-11-3-6-21(24(31)35)16-7-9-20(10-8-16)32-14-19(15-32)30-22(33)13-29-23(34)17-4-2-5-18(12-17)25(26,27)28/h2-6,11-12,16,19-20H,7-10,13-15H2,1H3,(H,29,34)(H,30,33). The third-order valence-electron chi connectivity index (χ3n) is 6.94. The second-order valence-corrected chi connectivity index (χ2v) is 9.36. The van der Waals surface area contributed by atoms with Crippen LogP contribution in [0.25, 0.3) is 0 Å². The maximum Gasteiger partial charge on any atom is 0.416 e. The molecule has 1 aliphatic heterocycles. The Bertz CT molecular complexity index is 1130. The van der Waals surface area contributed by atoms with Gasteiger partial charge in [0.1, 0.15) is 0 Å². The maximum atomic E-state index is 12.8. The molecule has 1 aliphatic carbocycles. The minimum absolute atomic E-state index is 0.0212. The minimum atomic E-state index is -4.54. The summed E-state index contributed by atoms with van der Waals surface area (Å²) in [6.07, 6.45) is 1.13. The fourth-order valence-corrected chi connectivity index (χ4v) is 4.96. The molecule has 1 aromatic heterocycles. The molecule has 1 aromatic carbocycles. The van der Waals surface area contributed by atoms with Crippen molar-refractivity contribution >= 4 is 11.8 Å². The van der Waals surface area contributed by atoms with E-state index in [0.717, 1.165) is 62.5 Å². The van der Waals surface area contributed by atoms with Crippen molar-refractivity contribution in [3.05, 3.63) is 69.6 Å². The SMILES string of the molecule is Cn1cccc(C2CCC(N3CC(NC(=O)CNC(=O)c4cccc(C(F)(F)F)c4)C3)CC2)c1=O. The molecule has 7 nitrogen and oxygen atoms in total. The lowest BCUT2D eigenvalue weighted by molar-refractivity contribution is -0.137. The Kier molecular flexibility index (Phi) is 7.30. The fourth-order valence-electron chi connectivity index (χ4n) is 4.96. The number of rotatable bonds is 6. The average Bonchev–Trinajstić information content (AvgIpc) is 2.81. The summed E-state index contributed by atoms with van der Waals surface area (Å²) >= 11 is 0. The summed E-state index contributed by atoms with van der Waals surface area (Å²) in [6, 6.07) is 8.33. The largest absolute Gasteiger partial charge is 0.416 e. The van der Waals surface area contributed by atoms with Gasteiger partial charge < -0.3 is 15.2 Å². The predicted octanol–water partition coefficient (Wildman–Crippen LogP) is 2.66. The second kappa shape index (κ2) is 10.2. The number of pyridine rings is 1. The highest BCUT2D eigenvalue weighted by Gasteiger charge is 2.36. The van der Waals surface area contributed by atoms with Crippen LogP contribution in [0.4, 0.5) is 13.2 Å². The molecule has 0 bridgehead atoms. The van der Waals surface area contributed by atoms with Gasteiger partial charge in [0, 0.05) is 43.5 Å². The number of halogens is 3. The number of hydrogen-bond donors (Lipinski definition) is 2. The first kappa shape index (κ1) is 25.0. The zero-order valence-corrected chi connectivity index (χ0v) is 19.5. The van der Waals surface area contributed by atoms with E-state index >= 15 is 0 Å². The Morgan fingerprint density at radius 2 is 1.77 bits per heavy atom. The number of benzene rings is 1. The Labute approximate surface area is 201 Å². The first-order chi connectivity index (χ1) is 16.6. The lowest BCUT2D eigenvalue weighted by Crippen LogP contribution is -2.63. The minimum Gasteiger partial charge on any atom is -0.349 e. The van der Waals surface area contributed by atoms with Crippen molar-refractivity contribution in [1.82, 2.24) is 20.1 Å². The summed E-state index contributed by atoms with van der Waals surface area (Å²) in [5.41, 5.74) is -0.104. The van der Waals surface area contributed by atoms with Crippen molar-refractivity contribution in [2.75, 3.05) is 19.6 Å². The van der Waals surface area contributed by atoms with Crippen LogP contribution in [-0.4, -0.2) is 53.0 Å². The predicted molar refractivity (Wildman–Crippen MR) is 124 cm³/mol. The first-order valence-corrected chi connectivity index (χ1v) is 11.8. The Hall–Kier alpha value is -3.14. The quantitative estimate of drug-likeness (QED) is 0.652. The van der Waals surface area contributed by atoms with E-state index in [2.05, 4.69) is 15.5 Å². The molecule has 2 amide bonds. The third-order valence-corrected chi connectivity index (χ3v) is 6.94. The molecule has 2 N–H and O–H groups in total. The Morgan fingerprint density at radius 3 is 2.46 bits per heavy atom. The summed E-state index contributed by atoms with van der Waals surface area (Å²) in [5, 5.41) is 5.23. The van der Waals surface area contributed by atoms with E-state index in [-0.39, 0.29) is 35.5 Å². The van der Waals surface area contributed by atoms with Gasteiger partial charge in [0.25, 0.3) is 11.5 Å². The van der Waals surface area contributed by atoms with Crippen molar-refractivity contribution in [3.63, 3.8) is 0 Å². The van der Waals surface area contributed by atoms with Gasteiger partial charge in [-0.05, 0) is 55.9 Å². The van der Waals surface area contributed by atoms with Crippen molar-refractivity contribution in [2.24, 2.45) is 7.05 Å². The highest BCUT2D eigenvalue weighted by Crippen LogP contribution is 2.35. The number of hydrogen-bond acceptors (Lipinski definition) is 4. The summed E-state index contributed by atoms with van der Waals surface area (Å²) < 4.78 is 40.1. The van der Waals surface area contributed by atoms with Gasteiger partial charge >= 0.3 is 6.18 Å². The highest BCUT2D eigenvalue weighted by atomic mass is 19.4. The molecule has 2 aliphatic rings. The van der Waals surface area contributed by atoms with Crippen LogP contribution < -0.4 is 16.2 Å². The van der Waals surface area contributed by atoms with E-state index in [1.807, 2.05) is 12.1 Å². The number of aryl methyl sites for hydroxylation is 1. The van der Waals surface area contributed by atoms with E-state index in [9.17, 15) is 27.6 Å². The third kappa shape index (κ3) is 5.93. The lowest BCUT2D eigenvalue weighted by Gasteiger charge is -2.46. The van der Waals surface area contributed by atoms with Crippen LogP contribution in [0.15, 0.2) is 47.4 Å². The molecule has 1 saturated carbocycles. The molecule has 4 rings (SSSR count). The fraction of sp³-hybridized carbons (Fsp3) is 0.480. The monoisotopic (exact) mass is 490 g/mol. The van der Waals surface area contributed by atoms with Crippen LogP contribution in [0.2, 0.25) is 0 Å². The summed E-state index contributed by atoms with van der Waals surface area (Å²) in [6.45, 7) is 1.13. The van der Waals surface area contributed by atoms with E-state index in [4.69, 9.17) is 0 Å². The van der Waals surface area contributed by atoms with Gasteiger partial charge in [0.05, 0.1) is 18.2 Å². The van der Waals surface area contributed by atoms with Crippen molar-refractivity contribution in [3.8, 4) is 0 Å². The van der Waals surface area contributed by atoms with Crippen molar-refractivity contribution in [1.29, 1.82) is 0 Å². The van der Waals surface area contributed by atoms with Crippen LogP contribution in [0, 0.1) is 0 Å². The zero-order valence-electron chi connectivity index (χ0n) is 19.5. The molecular weight excluding hydrogens is 461 g/mol. The molecule has 0 radical (unpaired) electrons. The van der Waals surface area contributed by atoms with Gasteiger partial charge in [-0.3, -0.25) is 19.3 Å². The van der Waals surface area contributed by atoms with E-state index in [1.54, 1.807) is 17.8 Å². The maximum absolute atomic E-state index is 12.8. The highest BCUT2D eigenvalue weighted by molar-refractivity contribution is 5.96.